The van der Waals surface area contributed by atoms with Gasteiger partial charge in [0.05, 0.1) is 31.2 Å². The lowest BCUT2D eigenvalue weighted by Crippen LogP contribution is -2.51. The van der Waals surface area contributed by atoms with E-state index in [2.05, 4.69) is 48.9 Å². The second kappa shape index (κ2) is 14.6. The standard InChI is InChI=1S/C38H39FN6O3/c1-24(2)34(44-38(47)48-3)37(46)45-20-10-17-33(45)36-41-23-32(43-36)27-19-18-25(30(21-27)29-15-8-9-16-31(29)39)11-6-7-14-28-22-40-35(42-28)26-12-4-5-13-26/h8-9,15-16,18-19,21-24,26,33-34H,4-5,10,12-13,17,20H2,1-3H3,(H,40,42)(H,41,43)(H,44,47)/t33-,34-/m0/s1. The minimum atomic E-state index is -0.719. The number of rotatable bonds is 7. The normalized spacial score (nSPS) is 16.6. The first-order chi connectivity index (χ1) is 23.3. The Morgan fingerprint density at radius 2 is 1.73 bits per heavy atom. The van der Waals surface area contributed by atoms with E-state index in [-0.39, 0.29) is 23.7 Å². The summed E-state index contributed by atoms with van der Waals surface area (Å²) < 4.78 is 19.8. The Morgan fingerprint density at radius 1 is 0.958 bits per heavy atom. The molecule has 9 nitrogen and oxygen atoms in total. The van der Waals surface area contributed by atoms with Crippen molar-refractivity contribution in [3.05, 3.63) is 83.6 Å². The van der Waals surface area contributed by atoms with Gasteiger partial charge in [-0.3, -0.25) is 4.79 Å². The molecule has 6 rings (SSSR count). The van der Waals surface area contributed by atoms with Gasteiger partial charge < -0.3 is 24.9 Å². The molecule has 1 saturated heterocycles. The summed E-state index contributed by atoms with van der Waals surface area (Å²) in [6.07, 6.45) is 9.16. The van der Waals surface area contributed by atoms with Crippen molar-refractivity contribution in [2.24, 2.45) is 5.92 Å². The van der Waals surface area contributed by atoms with E-state index in [4.69, 9.17) is 4.74 Å². The number of likely N-dealkylation sites (tertiary alicyclic amines) is 1. The van der Waals surface area contributed by atoms with E-state index in [1.165, 1.54) is 26.0 Å². The van der Waals surface area contributed by atoms with Crippen molar-refractivity contribution in [2.45, 2.75) is 70.4 Å². The highest BCUT2D eigenvalue weighted by Gasteiger charge is 2.37. The van der Waals surface area contributed by atoms with Crippen molar-refractivity contribution in [3.63, 3.8) is 0 Å². The first-order valence-corrected chi connectivity index (χ1v) is 16.5. The van der Waals surface area contributed by atoms with Crippen LogP contribution in [0.4, 0.5) is 9.18 Å². The van der Waals surface area contributed by atoms with Crippen LogP contribution in [0.15, 0.2) is 54.9 Å². The van der Waals surface area contributed by atoms with Crippen LogP contribution < -0.4 is 5.32 Å². The molecule has 3 N–H and O–H groups in total. The molecule has 2 aromatic heterocycles. The molecule has 10 heteroatoms. The fourth-order valence-corrected chi connectivity index (χ4v) is 6.57. The second-order valence-electron chi connectivity index (χ2n) is 12.6. The minimum absolute atomic E-state index is 0.130. The maximum absolute atomic E-state index is 15.1. The Balaban J connectivity index is 1.25. The van der Waals surface area contributed by atoms with Crippen LogP contribution in [-0.4, -0.2) is 56.5 Å². The van der Waals surface area contributed by atoms with Crippen molar-refractivity contribution >= 4 is 12.0 Å². The molecule has 4 aromatic rings. The molecule has 0 radical (unpaired) electrons. The summed E-state index contributed by atoms with van der Waals surface area (Å²) in [6.45, 7) is 4.32. The predicted molar refractivity (Wildman–Crippen MR) is 181 cm³/mol. The van der Waals surface area contributed by atoms with Gasteiger partial charge in [-0.05, 0) is 67.6 Å². The number of amides is 2. The van der Waals surface area contributed by atoms with Crippen LogP contribution in [-0.2, 0) is 9.53 Å². The molecule has 2 atom stereocenters. The number of H-pyrrole nitrogens is 2. The Morgan fingerprint density at radius 3 is 2.50 bits per heavy atom. The van der Waals surface area contributed by atoms with Gasteiger partial charge in [0.2, 0.25) is 5.91 Å². The summed E-state index contributed by atoms with van der Waals surface area (Å²) >= 11 is 0. The molecule has 1 aliphatic carbocycles. The number of hydrogen-bond donors (Lipinski definition) is 3. The van der Waals surface area contributed by atoms with Crippen LogP contribution in [0.5, 0.6) is 0 Å². The van der Waals surface area contributed by atoms with E-state index >= 15 is 4.39 Å². The molecule has 246 valence electrons. The van der Waals surface area contributed by atoms with Crippen LogP contribution >= 0.6 is 0 Å². The number of imidazole rings is 2. The fraction of sp³-hybridized carbons (Fsp3) is 0.368. The first-order valence-electron chi connectivity index (χ1n) is 16.5. The smallest absolute Gasteiger partial charge is 0.407 e. The lowest BCUT2D eigenvalue weighted by Gasteiger charge is -2.30. The van der Waals surface area contributed by atoms with Crippen molar-refractivity contribution < 1.29 is 18.7 Å². The van der Waals surface area contributed by atoms with Gasteiger partial charge in [-0.25, -0.2) is 19.2 Å². The number of carbonyl (C=O) groups is 2. The zero-order valence-electron chi connectivity index (χ0n) is 27.4. The molecular weight excluding hydrogens is 607 g/mol. The van der Waals surface area contributed by atoms with Crippen LogP contribution in [0.3, 0.4) is 0 Å². The van der Waals surface area contributed by atoms with E-state index in [1.54, 1.807) is 35.5 Å². The van der Waals surface area contributed by atoms with Crippen molar-refractivity contribution in [1.29, 1.82) is 0 Å². The van der Waals surface area contributed by atoms with E-state index in [1.807, 2.05) is 32.0 Å². The van der Waals surface area contributed by atoms with Gasteiger partial charge in [0, 0.05) is 34.7 Å². The summed E-state index contributed by atoms with van der Waals surface area (Å²) in [5.74, 6) is 13.5. The third-order valence-corrected chi connectivity index (χ3v) is 9.13. The lowest BCUT2D eigenvalue weighted by molar-refractivity contribution is -0.135. The van der Waals surface area contributed by atoms with E-state index in [0.717, 1.165) is 48.5 Å². The molecule has 2 amide bonds. The summed E-state index contributed by atoms with van der Waals surface area (Å²) in [5, 5.41) is 2.68. The maximum Gasteiger partial charge on any atom is 0.407 e. The summed E-state index contributed by atoms with van der Waals surface area (Å²) in [6, 6.07) is 11.3. The highest BCUT2D eigenvalue weighted by molar-refractivity contribution is 5.86. The Kier molecular flexibility index (Phi) is 9.91. The molecule has 1 saturated carbocycles. The third kappa shape index (κ3) is 7.13. The number of halogens is 1. The summed E-state index contributed by atoms with van der Waals surface area (Å²) in [4.78, 5) is 43.2. The first kappa shape index (κ1) is 32.6. The van der Waals surface area contributed by atoms with E-state index in [0.29, 0.717) is 35.0 Å². The monoisotopic (exact) mass is 646 g/mol. The summed E-state index contributed by atoms with van der Waals surface area (Å²) in [7, 11) is 1.28. The molecule has 48 heavy (non-hydrogen) atoms. The number of carbonyl (C=O) groups excluding carboxylic acids is 2. The average molecular weight is 647 g/mol. The Hall–Kier alpha value is -5.35. The summed E-state index contributed by atoms with van der Waals surface area (Å²) in [5.41, 5.74) is 3.95. The van der Waals surface area contributed by atoms with Crippen molar-refractivity contribution in [2.75, 3.05) is 13.7 Å². The maximum atomic E-state index is 15.1. The molecule has 2 fully saturated rings. The number of nitrogens with zero attached hydrogens (tertiary/aromatic N) is 3. The largest absolute Gasteiger partial charge is 0.453 e. The van der Waals surface area contributed by atoms with Gasteiger partial charge in [0.1, 0.15) is 29.2 Å². The van der Waals surface area contributed by atoms with Gasteiger partial charge in [0.25, 0.3) is 0 Å². The average Bonchev–Trinajstić information content (AvgIpc) is 3.92. The van der Waals surface area contributed by atoms with Crippen LogP contribution in [0.2, 0.25) is 0 Å². The highest BCUT2D eigenvalue weighted by atomic mass is 19.1. The number of aromatic nitrogens is 4. The molecule has 0 spiro atoms. The number of ether oxygens (including phenoxy) is 1. The quantitative estimate of drug-likeness (QED) is 0.193. The number of hydrogen-bond acceptors (Lipinski definition) is 5. The number of alkyl carbamates (subject to hydrolysis) is 1. The molecule has 0 unspecified atom stereocenters. The van der Waals surface area contributed by atoms with E-state index < -0.39 is 12.1 Å². The minimum Gasteiger partial charge on any atom is -0.453 e. The third-order valence-electron chi connectivity index (χ3n) is 9.13. The predicted octanol–water partition coefficient (Wildman–Crippen LogP) is 6.71. The topological polar surface area (TPSA) is 116 Å². The molecule has 3 heterocycles. The second-order valence-corrected chi connectivity index (χ2v) is 12.6. The molecule has 1 aliphatic heterocycles. The fourth-order valence-electron chi connectivity index (χ4n) is 6.57. The molecule has 2 aliphatic rings. The molecular formula is C38H39FN6O3. The zero-order valence-corrected chi connectivity index (χ0v) is 27.4. The highest BCUT2D eigenvalue weighted by Crippen LogP contribution is 2.35. The number of nitrogens with one attached hydrogen (secondary N) is 3. The molecule has 0 bridgehead atoms. The van der Waals surface area contributed by atoms with Crippen LogP contribution in [0.1, 0.15) is 87.2 Å². The van der Waals surface area contributed by atoms with Crippen LogP contribution in [0.25, 0.3) is 22.4 Å². The number of benzene rings is 2. The van der Waals surface area contributed by atoms with Crippen LogP contribution in [0, 0.1) is 35.4 Å². The Labute approximate surface area is 280 Å². The van der Waals surface area contributed by atoms with Gasteiger partial charge in [-0.1, -0.05) is 56.9 Å². The van der Waals surface area contributed by atoms with Gasteiger partial charge in [-0.15, -0.1) is 0 Å². The SMILES string of the molecule is COC(=O)N[C@H](C(=O)N1CCC[C@H]1c1ncc(-c2ccc(C#CC#Cc3cnc(C4CCCC4)[nH]3)c(-c3ccccc3F)c2)[nH]1)C(C)C. The van der Waals surface area contributed by atoms with Gasteiger partial charge >= 0.3 is 6.09 Å². The Bertz CT molecular complexity index is 1920. The number of aromatic amines is 2. The molecule has 2 aromatic carbocycles. The van der Waals surface area contributed by atoms with Crippen molar-refractivity contribution in [3.8, 4) is 46.1 Å². The van der Waals surface area contributed by atoms with E-state index in [9.17, 15) is 9.59 Å². The van der Waals surface area contributed by atoms with Crippen molar-refractivity contribution in [1.82, 2.24) is 30.2 Å². The number of methoxy groups -OCH3 is 1. The lowest BCUT2D eigenvalue weighted by atomic mass is 9.96. The zero-order chi connectivity index (χ0) is 33.6. The van der Waals surface area contributed by atoms with Gasteiger partial charge in [0.15, 0.2) is 0 Å². The van der Waals surface area contributed by atoms with Gasteiger partial charge in [-0.2, -0.15) is 0 Å².